The summed E-state index contributed by atoms with van der Waals surface area (Å²) in [5, 5.41) is 54.9. The number of primary amides is 1. The molecule has 6 aromatic carbocycles. The average Bonchev–Trinajstić information content (AvgIpc) is 0.853. The Hall–Kier alpha value is -8.52. The second-order valence-corrected chi connectivity index (χ2v) is 27.1. The molecular formula is C79H78Cl5N5O10. The van der Waals surface area contributed by atoms with Crippen molar-refractivity contribution in [2.45, 2.75) is 143 Å². The number of halogens is 5. The molecule has 0 aliphatic heterocycles. The van der Waals surface area contributed by atoms with Gasteiger partial charge in [-0.1, -0.05) is 142 Å². The number of nitrogens with zero attached hydrogens (tertiary/aromatic N) is 1. The number of pyridine rings is 1. The molecule has 20 heteroatoms. The van der Waals surface area contributed by atoms with Gasteiger partial charge in [-0.2, -0.15) is 0 Å². The summed E-state index contributed by atoms with van der Waals surface area (Å²) >= 11 is 29.7. The van der Waals surface area contributed by atoms with E-state index in [1.165, 1.54) is 14.2 Å². The first kappa shape index (κ1) is 76.2. The number of amides is 4. The third-order valence-corrected chi connectivity index (χ3v) is 18.2. The van der Waals surface area contributed by atoms with E-state index in [0.29, 0.717) is 105 Å². The Labute approximate surface area is 603 Å². The molecule has 0 saturated heterocycles. The van der Waals surface area contributed by atoms with Crippen molar-refractivity contribution >= 4 is 81.6 Å². The summed E-state index contributed by atoms with van der Waals surface area (Å²) in [7, 11) is 3.03. The maximum Gasteiger partial charge on any atom is 0.255 e. The molecule has 1 heterocycles. The van der Waals surface area contributed by atoms with E-state index in [-0.39, 0.29) is 47.7 Å². The number of rotatable bonds is 9. The molecule has 99 heavy (non-hydrogen) atoms. The quantitative estimate of drug-likeness (QED) is 0.0632. The Kier molecular flexibility index (Phi) is 28.1. The van der Waals surface area contributed by atoms with Gasteiger partial charge in [0, 0.05) is 114 Å². The maximum atomic E-state index is 12.8. The van der Waals surface area contributed by atoms with Crippen LogP contribution in [0.2, 0.25) is 25.1 Å². The first-order valence-electron chi connectivity index (χ1n) is 32.5. The number of nitrogens with two attached hydrogens (primary N) is 1. The Morgan fingerprint density at radius 1 is 0.444 bits per heavy atom. The Morgan fingerprint density at radius 2 is 0.798 bits per heavy atom. The topological polar surface area (TPSA) is 243 Å². The number of nitrogens with one attached hydrogen (secondary N) is 3. The van der Waals surface area contributed by atoms with Crippen molar-refractivity contribution in [1.29, 1.82) is 0 Å². The van der Waals surface area contributed by atoms with Crippen LogP contribution in [0.15, 0.2) is 164 Å². The minimum Gasteiger partial charge on any atom is -0.493 e. The fourth-order valence-electron chi connectivity index (χ4n) is 12.1. The zero-order chi connectivity index (χ0) is 71.0. The predicted octanol–water partition coefficient (Wildman–Crippen LogP) is 13.5. The number of benzene rings is 6. The van der Waals surface area contributed by atoms with Gasteiger partial charge in [0.1, 0.15) is 22.4 Å². The fraction of sp³-hybridized carbons (Fsp3) is 0.329. The van der Waals surface area contributed by atoms with E-state index < -0.39 is 22.4 Å². The van der Waals surface area contributed by atoms with E-state index in [0.717, 1.165) is 73.6 Å². The Bertz CT molecular complexity index is 4250. The van der Waals surface area contributed by atoms with E-state index in [9.17, 15) is 39.6 Å². The van der Waals surface area contributed by atoms with E-state index in [1.807, 2.05) is 48.5 Å². The SMILES string of the molecule is COc1cccc(C(=O)N[C@H]2CCC[C@@](O)(C#Cc3cccc(Cl)c3)C2)c1OC.NC(=O)[C@H]1CCC[C@@](O)(C#Cc2cccc(Cl)c2)C1.O=C(N[C@H]1CCC[C@@](O)(C#Cc2cccc(Cl)c2)C1)c1cccc(Cl)c1.O=C(N[C@H]1CCC[C@@](O)(C#Cc2cccc(Cl)c2)C1)c1ccncc1. The van der Waals surface area contributed by atoms with Gasteiger partial charge in [0.25, 0.3) is 17.7 Å². The van der Waals surface area contributed by atoms with Crippen LogP contribution in [0.25, 0.3) is 0 Å². The van der Waals surface area contributed by atoms with E-state index in [2.05, 4.69) is 68.3 Å². The minimum absolute atomic E-state index is 0.104. The van der Waals surface area contributed by atoms with Crippen molar-refractivity contribution < 1.29 is 49.1 Å². The van der Waals surface area contributed by atoms with Crippen LogP contribution in [0.4, 0.5) is 0 Å². The second kappa shape index (κ2) is 36.5. The fourth-order valence-corrected chi connectivity index (χ4v) is 13.0. The van der Waals surface area contributed by atoms with Crippen LogP contribution in [0.3, 0.4) is 0 Å². The Balaban J connectivity index is 0.000000170. The summed E-state index contributed by atoms with van der Waals surface area (Å²) in [5.41, 5.74) is 5.30. The monoisotopic (exact) mass is 1430 g/mol. The molecule has 4 amide bonds. The lowest BCUT2D eigenvalue weighted by atomic mass is 9.78. The van der Waals surface area contributed by atoms with Gasteiger partial charge in [0.15, 0.2) is 11.5 Å². The molecule has 11 rings (SSSR count). The predicted molar refractivity (Wildman–Crippen MR) is 389 cm³/mol. The van der Waals surface area contributed by atoms with Crippen molar-refractivity contribution in [2.75, 3.05) is 14.2 Å². The normalized spacial score (nSPS) is 22.7. The molecule has 0 unspecified atom stereocenters. The van der Waals surface area contributed by atoms with Crippen molar-refractivity contribution in [3.63, 3.8) is 0 Å². The number of ether oxygens (including phenoxy) is 2. The molecular weight excluding hydrogens is 1360 g/mol. The lowest BCUT2D eigenvalue weighted by molar-refractivity contribution is -0.125. The molecule has 4 aliphatic carbocycles. The number of carbonyl (C=O) groups is 4. The Morgan fingerprint density at radius 3 is 1.17 bits per heavy atom. The molecule has 4 aliphatic rings. The highest BCUT2D eigenvalue weighted by molar-refractivity contribution is 6.32. The summed E-state index contributed by atoms with van der Waals surface area (Å²) < 4.78 is 10.6. The number of methoxy groups -OCH3 is 2. The van der Waals surface area contributed by atoms with Gasteiger partial charge in [0.2, 0.25) is 5.91 Å². The number of para-hydroxylation sites is 1. The summed E-state index contributed by atoms with van der Waals surface area (Å²) in [5.74, 6) is 23.3. The highest BCUT2D eigenvalue weighted by Gasteiger charge is 2.38. The van der Waals surface area contributed by atoms with Crippen molar-refractivity contribution in [3.8, 4) is 58.9 Å². The molecule has 0 bridgehead atoms. The molecule has 4 fully saturated rings. The van der Waals surface area contributed by atoms with E-state index >= 15 is 0 Å². The second-order valence-electron chi connectivity index (χ2n) is 25.0. The first-order chi connectivity index (χ1) is 47.4. The summed E-state index contributed by atoms with van der Waals surface area (Å²) in [6.45, 7) is 0. The molecule has 15 nitrogen and oxygen atoms in total. The molecule has 0 spiro atoms. The lowest BCUT2D eigenvalue weighted by Gasteiger charge is -2.33. The third kappa shape index (κ3) is 24.4. The third-order valence-electron chi connectivity index (χ3n) is 17.0. The first-order valence-corrected chi connectivity index (χ1v) is 34.4. The van der Waals surface area contributed by atoms with Crippen molar-refractivity contribution in [2.24, 2.45) is 11.7 Å². The van der Waals surface area contributed by atoms with Crippen LogP contribution in [-0.4, -0.2) is 104 Å². The van der Waals surface area contributed by atoms with Gasteiger partial charge in [-0.25, -0.2) is 0 Å². The largest absolute Gasteiger partial charge is 0.493 e. The molecule has 1 aromatic heterocycles. The summed E-state index contributed by atoms with van der Waals surface area (Å²) in [6, 6.07) is 43.7. The average molecular weight is 1430 g/mol. The number of aromatic nitrogens is 1. The highest BCUT2D eigenvalue weighted by atomic mass is 35.5. The van der Waals surface area contributed by atoms with Crippen LogP contribution in [0.5, 0.6) is 11.5 Å². The van der Waals surface area contributed by atoms with Crippen molar-refractivity contribution in [3.05, 3.63) is 228 Å². The summed E-state index contributed by atoms with van der Waals surface area (Å²) in [4.78, 5) is 52.6. The minimum atomic E-state index is -1.16. The van der Waals surface area contributed by atoms with Crippen LogP contribution >= 0.6 is 58.0 Å². The molecule has 8 atom stereocenters. The molecule has 0 radical (unpaired) electrons. The molecule has 514 valence electrons. The van der Waals surface area contributed by atoms with Gasteiger partial charge in [-0.3, -0.25) is 24.2 Å². The number of hydrogen-bond donors (Lipinski definition) is 8. The number of hydrogen-bond acceptors (Lipinski definition) is 11. The molecule has 7 aromatic rings. The number of aliphatic hydroxyl groups is 4. The van der Waals surface area contributed by atoms with Crippen molar-refractivity contribution in [1.82, 2.24) is 20.9 Å². The zero-order valence-corrected chi connectivity index (χ0v) is 58.6. The van der Waals surface area contributed by atoms with E-state index in [1.54, 1.807) is 116 Å². The van der Waals surface area contributed by atoms with Crippen LogP contribution < -0.4 is 31.2 Å². The van der Waals surface area contributed by atoms with Gasteiger partial charge in [0.05, 0.1) is 19.8 Å². The maximum absolute atomic E-state index is 12.8. The lowest BCUT2D eigenvalue weighted by Crippen LogP contribution is -2.45. The van der Waals surface area contributed by atoms with Gasteiger partial charge >= 0.3 is 0 Å². The molecule has 4 saturated carbocycles. The van der Waals surface area contributed by atoms with Gasteiger partial charge in [-0.15, -0.1) is 0 Å². The molecule has 9 N–H and O–H groups in total. The highest BCUT2D eigenvalue weighted by Crippen LogP contribution is 2.35. The zero-order valence-electron chi connectivity index (χ0n) is 54.9. The standard InChI is InChI=1S/C23H24ClNO4.C21H19Cl2NO2.C20H19ClN2O2.C15H16ClNO2/c1-28-20-10-4-9-19(21(20)29-2)22(26)25-18-8-5-12-23(27,15-18)13-11-16-6-3-7-17(24)14-16;22-17-6-1-4-15(12-17)9-11-21(26)10-3-8-19(14-21)24-20(25)16-5-2-7-18(23)13-16;21-17-4-1-3-15(13-17)6-10-20(25)9-2-5-18(14-20)23-19(24)16-7-11-22-12-8-16;16-13-5-1-3-11(9-13)6-8-15(19)7-2-4-12(10-15)14(17)18/h3-4,6-7,9-10,14,18,27H,5,8,12,15H2,1-2H3,(H,25,26);1-2,4-7,12-13,19,26H,3,8,10,14H2,(H,24,25);1,3-4,7-8,11-13,18,25H,2,5,9,14H2,(H,23,24);1,3,5,9,12,19H,2,4,7,10H2,(H2,17,18)/t18-,23+;19-,21+;18-,20+;12-,15+/m0000/s1. The number of carbonyl (C=O) groups excluding carboxylic acids is 4. The van der Waals surface area contributed by atoms with Gasteiger partial charge in [-0.05, 0) is 199 Å². The van der Waals surface area contributed by atoms with Crippen LogP contribution in [0.1, 0.15) is 156 Å². The van der Waals surface area contributed by atoms with E-state index in [4.69, 9.17) is 73.2 Å². The summed E-state index contributed by atoms with van der Waals surface area (Å²) in [6.07, 6.45) is 13.3. The van der Waals surface area contributed by atoms with Gasteiger partial charge < -0.3 is 51.6 Å². The van der Waals surface area contributed by atoms with Crippen LogP contribution in [0, 0.1) is 53.3 Å². The smallest absolute Gasteiger partial charge is 0.255 e. The van der Waals surface area contributed by atoms with Crippen LogP contribution in [-0.2, 0) is 4.79 Å².